The number of rotatable bonds is 4. The third-order valence-electron chi connectivity index (χ3n) is 2.48. The predicted octanol–water partition coefficient (Wildman–Crippen LogP) is 2.71. The highest BCUT2D eigenvalue weighted by atomic mass is 16.5. The molecule has 1 heterocycles. The zero-order valence-corrected chi connectivity index (χ0v) is 10.1. The van der Waals surface area contributed by atoms with Gasteiger partial charge in [0.05, 0.1) is 12.4 Å². The van der Waals surface area contributed by atoms with Gasteiger partial charge in [0.25, 0.3) is 0 Å². The smallest absolute Gasteiger partial charge is 0.165 e. The van der Waals surface area contributed by atoms with E-state index < -0.39 is 0 Å². The minimum atomic E-state index is 0.336. The van der Waals surface area contributed by atoms with Crippen LogP contribution in [0.2, 0.25) is 0 Å². The van der Waals surface area contributed by atoms with Crippen LogP contribution >= 0.6 is 0 Å². The Morgan fingerprint density at radius 3 is 2.82 bits per heavy atom. The van der Waals surface area contributed by atoms with Crippen LogP contribution in [0.1, 0.15) is 25.5 Å². The molecule has 0 radical (unpaired) electrons. The fourth-order valence-electron chi connectivity index (χ4n) is 1.53. The molecular weight excluding hydrogens is 214 g/mol. The average molecular weight is 231 g/mol. The van der Waals surface area contributed by atoms with E-state index in [0.717, 1.165) is 17.1 Å². The summed E-state index contributed by atoms with van der Waals surface area (Å²) in [4.78, 5) is 0. The quantitative estimate of drug-likeness (QED) is 0.880. The Kier molecular flexibility index (Phi) is 3.44. The van der Waals surface area contributed by atoms with Crippen LogP contribution in [-0.4, -0.2) is 9.78 Å². The van der Waals surface area contributed by atoms with Crippen LogP contribution in [0.3, 0.4) is 0 Å². The largest absolute Gasteiger partial charge is 0.454 e. The van der Waals surface area contributed by atoms with Crippen LogP contribution in [0.15, 0.2) is 36.7 Å². The summed E-state index contributed by atoms with van der Waals surface area (Å²) in [6, 6.07) is 8.09. The van der Waals surface area contributed by atoms with E-state index in [0.29, 0.717) is 12.6 Å². The molecule has 0 aliphatic rings. The van der Waals surface area contributed by atoms with Gasteiger partial charge in [-0.2, -0.15) is 5.10 Å². The van der Waals surface area contributed by atoms with Crippen molar-refractivity contribution in [2.75, 3.05) is 0 Å². The van der Waals surface area contributed by atoms with Crippen LogP contribution in [0, 0.1) is 0 Å². The number of nitrogens with zero attached hydrogens (tertiary/aromatic N) is 2. The van der Waals surface area contributed by atoms with Crippen molar-refractivity contribution in [2.45, 2.75) is 26.4 Å². The topological polar surface area (TPSA) is 53.1 Å². The van der Waals surface area contributed by atoms with Crippen molar-refractivity contribution in [1.82, 2.24) is 9.78 Å². The van der Waals surface area contributed by atoms with E-state index in [1.807, 2.05) is 35.1 Å². The first-order valence-electron chi connectivity index (χ1n) is 5.70. The van der Waals surface area contributed by atoms with Crippen LogP contribution in [0.4, 0.5) is 0 Å². The number of aromatic nitrogens is 2. The molecule has 0 spiro atoms. The van der Waals surface area contributed by atoms with Crippen molar-refractivity contribution in [2.24, 2.45) is 5.73 Å². The number of ether oxygens (including phenoxy) is 1. The summed E-state index contributed by atoms with van der Waals surface area (Å²) >= 11 is 0. The van der Waals surface area contributed by atoms with Crippen LogP contribution in [-0.2, 0) is 6.54 Å². The zero-order valence-electron chi connectivity index (χ0n) is 10.1. The third kappa shape index (κ3) is 2.85. The van der Waals surface area contributed by atoms with Crippen LogP contribution in [0.25, 0.3) is 0 Å². The van der Waals surface area contributed by atoms with Crippen molar-refractivity contribution in [3.63, 3.8) is 0 Å². The molecule has 4 heteroatoms. The molecule has 0 unspecified atom stereocenters. The van der Waals surface area contributed by atoms with Gasteiger partial charge in [0.15, 0.2) is 5.75 Å². The molecule has 0 bridgehead atoms. The lowest BCUT2D eigenvalue weighted by molar-refractivity contribution is 0.476. The molecule has 0 saturated carbocycles. The minimum absolute atomic E-state index is 0.336. The number of benzene rings is 1. The zero-order chi connectivity index (χ0) is 12.3. The van der Waals surface area contributed by atoms with Gasteiger partial charge in [-0.05, 0) is 31.5 Å². The molecule has 0 aliphatic heterocycles. The standard InChI is InChI=1S/C13H17N3O/c1-10(2)16-9-13(8-15-16)17-12-5-3-4-11(6-12)7-14/h3-6,8-10H,7,14H2,1-2H3. The fourth-order valence-corrected chi connectivity index (χ4v) is 1.53. The van der Waals surface area contributed by atoms with Crippen molar-refractivity contribution < 1.29 is 4.74 Å². The molecule has 0 fully saturated rings. The van der Waals surface area contributed by atoms with Crippen molar-refractivity contribution in [3.8, 4) is 11.5 Å². The van der Waals surface area contributed by atoms with Gasteiger partial charge in [0, 0.05) is 12.6 Å². The Labute approximate surface area is 101 Å². The Bertz CT molecular complexity index is 491. The number of hydrogen-bond acceptors (Lipinski definition) is 3. The Morgan fingerprint density at radius 2 is 2.18 bits per heavy atom. The monoisotopic (exact) mass is 231 g/mol. The second-order valence-electron chi connectivity index (χ2n) is 4.20. The van der Waals surface area contributed by atoms with Crippen molar-refractivity contribution in [1.29, 1.82) is 0 Å². The molecule has 17 heavy (non-hydrogen) atoms. The molecule has 1 aromatic heterocycles. The van der Waals surface area contributed by atoms with Gasteiger partial charge in [-0.1, -0.05) is 12.1 Å². The van der Waals surface area contributed by atoms with Crippen LogP contribution < -0.4 is 10.5 Å². The Morgan fingerprint density at radius 1 is 1.35 bits per heavy atom. The van der Waals surface area contributed by atoms with E-state index in [9.17, 15) is 0 Å². The SMILES string of the molecule is CC(C)n1cc(Oc2cccc(CN)c2)cn1. The number of nitrogens with two attached hydrogens (primary N) is 1. The van der Waals surface area contributed by atoms with Crippen LogP contribution in [0.5, 0.6) is 11.5 Å². The Balaban J connectivity index is 2.13. The molecule has 1 aromatic carbocycles. The first kappa shape index (κ1) is 11.7. The molecule has 2 rings (SSSR count). The average Bonchev–Trinajstić information content (AvgIpc) is 2.78. The summed E-state index contributed by atoms with van der Waals surface area (Å²) in [7, 11) is 0. The summed E-state index contributed by atoms with van der Waals surface area (Å²) in [5.74, 6) is 1.53. The molecule has 0 aliphatic carbocycles. The van der Waals surface area contributed by atoms with E-state index in [1.165, 1.54) is 0 Å². The van der Waals surface area contributed by atoms with Crippen molar-refractivity contribution in [3.05, 3.63) is 42.2 Å². The van der Waals surface area contributed by atoms with Gasteiger partial charge in [-0.3, -0.25) is 4.68 Å². The summed E-state index contributed by atoms with van der Waals surface area (Å²) < 4.78 is 7.58. The highest BCUT2D eigenvalue weighted by molar-refractivity contribution is 5.32. The van der Waals surface area contributed by atoms with Gasteiger partial charge >= 0.3 is 0 Å². The predicted molar refractivity (Wildman–Crippen MR) is 67.0 cm³/mol. The second kappa shape index (κ2) is 5.01. The summed E-state index contributed by atoms with van der Waals surface area (Å²) in [6.45, 7) is 4.67. The summed E-state index contributed by atoms with van der Waals surface area (Å²) in [5, 5.41) is 4.22. The number of hydrogen-bond donors (Lipinski definition) is 1. The van der Waals surface area contributed by atoms with Gasteiger partial charge < -0.3 is 10.5 Å². The lowest BCUT2D eigenvalue weighted by Gasteiger charge is -2.05. The molecule has 4 nitrogen and oxygen atoms in total. The Hall–Kier alpha value is -1.81. The first-order chi connectivity index (χ1) is 8.19. The van der Waals surface area contributed by atoms with E-state index >= 15 is 0 Å². The van der Waals surface area contributed by atoms with E-state index in [4.69, 9.17) is 10.5 Å². The molecule has 2 aromatic rings. The van der Waals surface area contributed by atoms with E-state index in [-0.39, 0.29) is 0 Å². The van der Waals surface area contributed by atoms with E-state index in [1.54, 1.807) is 6.20 Å². The highest BCUT2D eigenvalue weighted by Gasteiger charge is 2.04. The van der Waals surface area contributed by atoms with Gasteiger partial charge in [0.2, 0.25) is 0 Å². The highest BCUT2D eigenvalue weighted by Crippen LogP contribution is 2.22. The normalized spacial score (nSPS) is 10.8. The van der Waals surface area contributed by atoms with Gasteiger partial charge in [0.1, 0.15) is 5.75 Å². The molecule has 90 valence electrons. The van der Waals surface area contributed by atoms with Gasteiger partial charge in [-0.15, -0.1) is 0 Å². The maximum absolute atomic E-state index is 5.71. The second-order valence-corrected chi connectivity index (χ2v) is 4.20. The molecule has 0 saturated heterocycles. The maximum atomic E-state index is 5.71. The molecular formula is C13H17N3O. The molecule has 0 atom stereocenters. The third-order valence-corrected chi connectivity index (χ3v) is 2.48. The van der Waals surface area contributed by atoms with Crippen molar-refractivity contribution >= 4 is 0 Å². The lowest BCUT2D eigenvalue weighted by atomic mass is 10.2. The first-order valence-corrected chi connectivity index (χ1v) is 5.70. The summed E-state index contributed by atoms with van der Waals surface area (Å²) in [5.41, 5.74) is 6.64. The van der Waals surface area contributed by atoms with Gasteiger partial charge in [-0.25, -0.2) is 0 Å². The fraction of sp³-hybridized carbons (Fsp3) is 0.308. The molecule has 2 N–H and O–H groups in total. The molecule has 0 amide bonds. The maximum Gasteiger partial charge on any atom is 0.165 e. The summed E-state index contributed by atoms with van der Waals surface area (Å²) in [6.07, 6.45) is 3.61. The minimum Gasteiger partial charge on any atom is -0.454 e. The van der Waals surface area contributed by atoms with E-state index in [2.05, 4.69) is 18.9 Å². The lowest BCUT2D eigenvalue weighted by Crippen LogP contribution is -1.99.